The van der Waals surface area contributed by atoms with E-state index >= 15 is 0 Å². The van der Waals surface area contributed by atoms with E-state index in [-0.39, 0.29) is 18.1 Å². The van der Waals surface area contributed by atoms with E-state index in [0.717, 1.165) is 17.1 Å². The molecule has 3 heterocycles. The van der Waals surface area contributed by atoms with Crippen molar-refractivity contribution in [2.45, 2.75) is 56.1 Å². The minimum absolute atomic E-state index is 0.195. The predicted molar refractivity (Wildman–Crippen MR) is 151 cm³/mol. The largest absolute Gasteiger partial charge is 0.444 e. The predicted octanol–water partition coefficient (Wildman–Crippen LogP) is 4.35. The Balaban J connectivity index is 1.59. The Labute approximate surface area is 232 Å². The molecule has 1 aromatic carbocycles. The number of nitrogens with one attached hydrogen (secondary N) is 3. The highest BCUT2D eigenvalue weighted by Crippen LogP contribution is 2.37. The van der Waals surface area contributed by atoms with Gasteiger partial charge in [0, 0.05) is 43.5 Å². The smallest absolute Gasteiger partial charge is 0.410 e. The number of rotatable bonds is 9. The van der Waals surface area contributed by atoms with E-state index in [0.29, 0.717) is 49.3 Å². The number of nitriles is 1. The number of fused-ring (bicyclic) bond motifs is 1. The average molecular weight is 554 g/mol. The highest BCUT2D eigenvalue weighted by molar-refractivity contribution is 7.97. The van der Waals surface area contributed by atoms with E-state index in [1.807, 2.05) is 45.0 Å². The first-order valence-corrected chi connectivity index (χ1v) is 13.7. The van der Waals surface area contributed by atoms with Gasteiger partial charge in [0.1, 0.15) is 11.0 Å². The highest BCUT2D eigenvalue weighted by Gasteiger charge is 2.41. The van der Waals surface area contributed by atoms with Crippen LogP contribution in [0.25, 0.3) is 10.9 Å². The van der Waals surface area contributed by atoms with E-state index in [4.69, 9.17) is 14.6 Å². The zero-order valence-corrected chi connectivity index (χ0v) is 23.6. The molecule has 1 saturated heterocycles. The Hall–Kier alpha value is -3.53. The lowest BCUT2D eigenvalue weighted by Gasteiger charge is -2.41. The molecule has 1 aliphatic heterocycles. The Bertz CT molecular complexity index is 1380. The van der Waals surface area contributed by atoms with Crippen molar-refractivity contribution in [2.75, 3.05) is 38.7 Å². The van der Waals surface area contributed by atoms with Crippen LogP contribution in [0.4, 0.5) is 16.3 Å². The van der Waals surface area contributed by atoms with Crippen LogP contribution in [-0.4, -0.2) is 64.7 Å². The van der Waals surface area contributed by atoms with Crippen molar-refractivity contribution in [3.05, 3.63) is 46.9 Å². The Morgan fingerprint density at radius 3 is 2.59 bits per heavy atom. The SMILES string of the molecule is COCCNSc1ccc(Nc2nn(C3(CC#N)CCN(C(=O)OC(C)(C)C)CC3)c3cc[nH]c(=O)c23)cc1. The fourth-order valence-electron chi connectivity index (χ4n) is 4.59. The number of amides is 1. The number of aromatic amines is 1. The number of hydrogen-bond acceptors (Lipinski definition) is 9. The van der Waals surface area contributed by atoms with Crippen molar-refractivity contribution in [1.82, 2.24) is 24.4 Å². The topological polar surface area (TPSA) is 137 Å². The van der Waals surface area contributed by atoms with Crippen LogP contribution < -0.4 is 15.6 Å². The van der Waals surface area contributed by atoms with Crippen LogP contribution in [0, 0.1) is 11.3 Å². The van der Waals surface area contributed by atoms with Gasteiger partial charge in [-0.2, -0.15) is 10.4 Å². The monoisotopic (exact) mass is 553 g/mol. The first kappa shape index (κ1) is 28.5. The first-order chi connectivity index (χ1) is 18.7. The van der Waals surface area contributed by atoms with Gasteiger partial charge in [-0.25, -0.2) is 4.79 Å². The minimum atomic E-state index is -0.673. The van der Waals surface area contributed by atoms with Gasteiger partial charge in [0.15, 0.2) is 5.82 Å². The molecular weight excluding hydrogens is 518 g/mol. The molecule has 12 heteroatoms. The summed E-state index contributed by atoms with van der Waals surface area (Å²) in [6, 6.07) is 11.9. The van der Waals surface area contributed by atoms with Crippen LogP contribution in [0.3, 0.4) is 0 Å². The maximum atomic E-state index is 12.9. The molecule has 0 atom stereocenters. The Kier molecular flexibility index (Phi) is 8.84. The van der Waals surface area contributed by atoms with Crippen molar-refractivity contribution in [1.29, 1.82) is 5.26 Å². The molecule has 11 nitrogen and oxygen atoms in total. The number of ether oxygens (including phenoxy) is 2. The van der Waals surface area contributed by atoms with Gasteiger partial charge in [0.25, 0.3) is 5.56 Å². The quantitative estimate of drug-likeness (QED) is 0.261. The van der Waals surface area contributed by atoms with Crippen molar-refractivity contribution < 1.29 is 14.3 Å². The molecule has 0 spiro atoms. The van der Waals surface area contributed by atoms with Crippen LogP contribution in [0.1, 0.15) is 40.0 Å². The van der Waals surface area contributed by atoms with Crippen LogP contribution in [0.5, 0.6) is 0 Å². The molecule has 0 radical (unpaired) electrons. The summed E-state index contributed by atoms with van der Waals surface area (Å²) in [6.07, 6.45) is 2.42. The number of nitrogens with zero attached hydrogens (tertiary/aromatic N) is 4. The van der Waals surface area contributed by atoms with Crippen LogP contribution in [0.15, 0.2) is 46.2 Å². The fourth-order valence-corrected chi connectivity index (χ4v) is 5.21. The number of pyridine rings is 1. The van der Waals surface area contributed by atoms with E-state index in [1.165, 1.54) is 11.9 Å². The third kappa shape index (κ3) is 6.73. The van der Waals surface area contributed by atoms with Gasteiger partial charge < -0.3 is 24.7 Å². The Morgan fingerprint density at radius 1 is 1.23 bits per heavy atom. The first-order valence-electron chi connectivity index (χ1n) is 12.9. The summed E-state index contributed by atoms with van der Waals surface area (Å²) in [5.41, 5.74) is -0.116. The number of benzene rings is 1. The second-order valence-electron chi connectivity index (χ2n) is 10.5. The third-order valence-corrected chi connectivity index (χ3v) is 7.38. The molecule has 4 rings (SSSR count). The van der Waals surface area contributed by atoms with E-state index in [9.17, 15) is 14.9 Å². The van der Waals surface area contributed by atoms with E-state index < -0.39 is 11.1 Å². The lowest BCUT2D eigenvalue weighted by atomic mass is 9.85. The lowest BCUT2D eigenvalue weighted by molar-refractivity contribution is 0.0110. The van der Waals surface area contributed by atoms with Gasteiger partial charge in [-0.3, -0.25) is 14.2 Å². The number of hydrogen-bond donors (Lipinski definition) is 3. The fraction of sp³-hybridized carbons (Fsp3) is 0.481. The third-order valence-electron chi connectivity index (χ3n) is 6.52. The number of likely N-dealkylation sites (tertiary alicyclic amines) is 1. The molecule has 2 aromatic heterocycles. The standard InChI is InChI=1S/C27H35N7O4S/c1-26(2,3)38-25(36)33-16-11-27(10-13-28,12-17-33)34-21-9-14-29-24(35)22(21)23(32-34)31-19-5-7-20(8-6-19)39-30-15-18-37-4/h5-9,14,30H,10-12,15-18H2,1-4H3,(H,29,35)(H,31,32). The second-order valence-corrected chi connectivity index (χ2v) is 11.5. The number of H-pyrrole nitrogens is 1. The number of carbonyl (C=O) groups is 1. The average Bonchev–Trinajstić information content (AvgIpc) is 3.27. The molecule has 1 amide bonds. The number of methoxy groups -OCH3 is 1. The van der Waals surface area contributed by atoms with Crippen molar-refractivity contribution in [3.8, 4) is 6.07 Å². The van der Waals surface area contributed by atoms with Crippen molar-refractivity contribution >= 4 is 40.4 Å². The number of aromatic nitrogens is 3. The molecule has 39 heavy (non-hydrogen) atoms. The van der Waals surface area contributed by atoms with Gasteiger partial charge in [-0.05, 0) is 75.9 Å². The zero-order chi connectivity index (χ0) is 28.0. The molecule has 3 aromatic rings. The molecule has 0 aliphatic carbocycles. The zero-order valence-electron chi connectivity index (χ0n) is 22.7. The van der Waals surface area contributed by atoms with Crippen molar-refractivity contribution in [3.63, 3.8) is 0 Å². The molecule has 3 N–H and O–H groups in total. The van der Waals surface area contributed by atoms with Crippen LogP contribution in [0.2, 0.25) is 0 Å². The molecular formula is C27H35N7O4S. The number of piperidine rings is 1. The normalized spacial score (nSPS) is 15.2. The molecule has 1 aliphatic rings. The van der Waals surface area contributed by atoms with Crippen LogP contribution in [-0.2, 0) is 15.0 Å². The summed E-state index contributed by atoms with van der Waals surface area (Å²) in [7, 11) is 1.66. The second kappa shape index (κ2) is 12.1. The van der Waals surface area contributed by atoms with Crippen LogP contribution >= 0.6 is 11.9 Å². The number of carbonyl (C=O) groups excluding carboxylic acids is 1. The van der Waals surface area contributed by atoms with Gasteiger partial charge in [0.05, 0.1) is 30.2 Å². The summed E-state index contributed by atoms with van der Waals surface area (Å²) >= 11 is 1.51. The molecule has 0 bridgehead atoms. The molecule has 0 unspecified atom stereocenters. The maximum Gasteiger partial charge on any atom is 0.410 e. The lowest BCUT2D eigenvalue weighted by Crippen LogP contribution is -2.49. The van der Waals surface area contributed by atoms with Gasteiger partial charge >= 0.3 is 6.09 Å². The van der Waals surface area contributed by atoms with E-state index in [1.54, 1.807) is 29.0 Å². The molecule has 1 fully saturated rings. The number of anilines is 2. The van der Waals surface area contributed by atoms with Gasteiger partial charge in [0.2, 0.25) is 0 Å². The highest BCUT2D eigenvalue weighted by atomic mass is 32.2. The summed E-state index contributed by atoms with van der Waals surface area (Å²) in [4.78, 5) is 31.0. The van der Waals surface area contributed by atoms with Gasteiger partial charge in [-0.1, -0.05) is 0 Å². The maximum absolute atomic E-state index is 12.9. The minimum Gasteiger partial charge on any atom is -0.444 e. The van der Waals surface area contributed by atoms with Crippen molar-refractivity contribution in [2.24, 2.45) is 0 Å². The van der Waals surface area contributed by atoms with E-state index in [2.05, 4.69) is 21.1 Å². The van der Waals surface area contributed by atoms with Gasteiger partial charge in [-0.15, -0.1) is 0 Å². The molecule has 208 valence electrons. The molecule has 0 saturated carbocycles. The Morgan fingerprint density at radius 2 is 1.95 bits per heavy atom. The summed E-state index contributed by atoms with van der Waals surface area (Å²) in [6.45, 7) is 7.70. The summed E-state index contributed by atoms with van der Waals surface area (Å²) in [5, 5.41) is 18.3. The summed E-state index contributed by atoms with van der Waals surface area (Å²) in [5.74, 6) is 0.414. The summed E-state index contributed by atoms with van der Waals surface area (Å²) < 4.78 is 15.6.